The van der Waals surface area contributed by atoms with E-state index in [0.717, 1.165) is 11.3 Å². The Kier molecular flexibility index (Phi) is 8.40. The Bertz CT molecular complexity index is 1580. The first kappa shape index (κ1) is 26.8. The summed E-state index contributed by atoms with van der Waals surface area (Å²) < 4.78 is 17.3. The predicted octanol–water partition coefficient (Wildman–Crippen LogP) is 4.76. The van der Waals surface area contributed by atoms with E-state index in [2.05, 4.69) is 9.47 Å². The molecule has 0 amide bonds. The van der Waals surface area contributed by atoms with E-state index in [-0.39, 0.29) is 22.8 Å². The Hall–Kier alpha value is -4.21. The molecule has 0 aliphatic heterocycles. The third-order valence-electron chi connectivity index (χ3n) is 5.63. The molecule has 0 bridgehead atoms. The van der Waals surface area contributed by atoms with Gasteiger partial charge in [0.15, 0.2) is 5.78 Å². The van der Waals surface area contributed by atoms with E-state index in [0.29, 0.717) is 44.2 Å². The second-order valence-electron chi connectivity index (χ2n) is 7.97. The molecule has 0 radical (unpaired) electrons. The topological polar surface area (TPSA) is 101 Å². The maximum atomic E-state index is 12.9. The molecule has 0 saturated heterocycles. The molecule has 0 N–H and O–H groups in total. The number of thiazole rings is 1. The van der Waals surface area contributed by atoms with Crippen LogP contribution in [0.2, 0.25) is 5.02 Å². The van der Waals surface area contributed by atoms with Crippen molar-refractivity contribution in [2.24, 2.45) is 0 Å². The second kappa shape index (κ2) is 11.9. The number of esters is 2. The summed E-state index contributed by atoms with van der Waals surface area (Å²) in [4.78, 5) is 49.0. The number of methoxy groups -OCH3 is 2. The fraction of sp³-hybridized carbons (Fsp3) is 0.143. The molecular weight excluding hydrogens is 530 g/mol. The lowest BCUT2D eigenvalue weighted by molar-refractivity contribution is -0.143. The molecule has 10 heteroatoms. The Balaban J connectivity index is 1.44. The lowest BCUT2D eigenvalue weighted by Crippen LogP contribution is -2.17. The van der Waals surface area contributed by atoms with Crippen molar-refractivity contribution in [1.29, 1.82) is 0 Å². The highest BCUT2D eigenvalue weighted by Gasteiger charge is 2.19. The van der Waals surface area contributed by atoms with Gasteiger partial charge < -0.3 is 14.2 Å². The van der Waals surface area contributed by atoms with Crippen molar-refractivity contribution in [3.05, 3.63) is 104 Å². The van der Waals surface area contributed by atoms with Gasteiger partial charge in [-0.1, -0.05) is 47.2 Å². The number of carbonyl (C=O) groups is 3. The Morgan fingerprint density at radius 2 is 1.63 bits per heavy atom. The van der Waals surface area contributed by atoms with Crippen molar-refractivity contribution in [3.63, 3.8) is 0 Å². The number of rotatable bonds is 9. The molecule has 0 aliphatic rings. The number of carbonyl (C=O) groups excluding carboxylic acids is 3. The van der Waals surface area contributed by atoms with Crippen molar-refractivity contribution in [2.45, 2.75) is 6.54 Å². The molecule has 38 heavy (non-hydrogen) atoms. The Morgan fingerprint density at radius 3 is 2.29 bits per heavy atom. The van der Waals surface area contributed by atoms with E-state index in [1.54, 1.807) is 71.3 Å². The predicted molar refractivity (Wildman–Crippen MR) is 145 cm³/mol. The first-order chi connectivity index (χ1) is 18.3. The number of benzene rings is 3. The van der Waals surface area contributed by atoms with Crippen molar-refractivity contribution < 1.29 is 28.6 Å². The summed E-state index contributed by atoms with van der Waals surface area (Å²) in [6, 6.07) is 18.7. The van der Waals surface area contributed by atoms with Gasteiger partial charge >= 0.3 is 16.8 Å². The zero-order chi connectivity index (χ0) is 27.2. The van der Waals surface area contributed by atoms with Crippen LogP contribution >= 0.6 is 22.9 Å². The van der Waals surface area contributed by atoms with Gasteiger partial charge in [-0.2, -0.15) is 0 Å². The second-order valence-corrected chi connectivity index (χ2v) is 9.37. The Labute approximate surface area is 226 Å². The third kappa shape index (κ3) is 5.85. The summed E-state index contributed by atoms with van der Waals surface area (Å²) in [5.41, 5.74) is 1.90. The van der Waals surface area contributed by atoms with Gasteiger partial charge in [0.25, 0.3) is 0 Å². The van der Waals surface area contributed by atoms with Crippen LogP contribution in [0, 0.1) is 0 Å². The number of ketones is 1. The van der Waals surface area contributed by atoms with E-state index < -0.39 is 11.9 Å². The van der Waals surface area contributed by atoms with Gasteiger partial charge in [-0.05, 0) is 54.1 Å². The van der Waals surface area contributed by atoms with Crippen molar-refractivity contribution in [1.82, 2.24) is 4.57 Å². The SMILES string of the molecule is COC(=O)C(=Cc1ccc(OCCn2c(=O)sc3cc(C(=O)c4ccccc4Cl)ccc32)cc1)C(=O)OC. The minimum atomic E-state index is -0.800. The molecule has 0 unspecified atom stereocenters. The molecule has 1 heterocycles. The first-order valence-electron chi connectivity index (χ1n) is 11.4. The number of hydrogen-bond donors (Lipinski definition) is 0. The Morgan fingerprint density at radius 1 is 0.947 bits per heavy atom. The number of fused-ring (bicyclic) bond motifs is 1. The summed E-state index contributed by atoms with van der Waals surface area (Å²) in [7, 11) is 2.36. The van der Waals surface area contributed by atoms with Gasteiger partial charge in [0.05, 0.1) is 36.0 Å². The summed E-state index contributed by atoms with van der Waals surface area (Å²) in [6.45, 7) is 0.518. The van der Waals surface area contributed by atoms with Gasteiger partial charge in [0.1, 0.15) is 17.9 Å². The van der Waals surface area contributed by atoms with Crippen molar-refractivity contribution in [3.8, 4) is 5.75 Å². The van der Waals surface area contributed by atoms with Crippen LogP contribution in [0.1, 0.15) is 21.5 Å². The summed E-state index contributed by atoms with van der Waals surface area (Å²) >= 11 is 7.22. The fourth-order valence-electron chi connectivity index (χ4n) is 3.72. The molecular formula is C28H22ClNO7S. The number of aromatic nitrogens is 1. The highest BCUT2D eigenvalue weighted by atomic mass is 35.5. The minimum absolute atomic E-state index is 0.162. The standard InChI is InChI=1S/C28H22ClNO7S/c1-35-26(32)21(27(33)36-2)15-17-7-10-19(11-8-17)37-14-13-30-23-12-9-18(16-24(23)38-28(30)34)25(31)20-5-3-4-6-22(20)29/h3-12,15-16H,13-14H2,1-2H3. The number of nitrogens with zero attached hydrogens (tertiary/aromatic N) is 1. The third-order valence-corrected chi connectivity index (χ3v) is 6.91. The summed E-state index contributed by atoms with van der Waals surface area (Å²) in [5.74, 6) is -1.27. The highest BCUT2D eigenvalue weighted by Crippen LogP contribution is 2.24. The van der Waals surface area contributed by atoms with Crippen molar-refractivity contribution in [2.75, 3.05) is 20.8 Å². The zero-order valence-corrected chi connectivity index (χ0v) is 22.0. The van der Waals surface area contributed by atoms with Crippen LogP contribution in [0.4, 0.5) is 0 Å². The van der Waals surface area contributed by atoms with Crippen LogP contribution in [0.25, 0.3) is 16.3 Å². The molecule has 1 aromatic heterocycles. The molecule has 0 saturated carbocycles. The number of halogens is 1. The fourth-order valence-corrected chi connectivity index (χ4v) is 4.90. The quantitative estimate of drug-likeness (QED) is 0.0972. The maximum Gasteiger partial charge on any atom is 0.345 e. The molecule has 0 aliphatic carbocycles. The normalized spacial score (nSPS) is 10.6. The van der Waals surface area contributed by atoms with E-state index in [9.17, 15) is 19.2 Å². The van der Waals surface area contributed by atoms with Gasteiger partial charge in [-0.25, -0.2) is 9.59 Å². The molecule has 8 nitrogen and oxygen atoms in total. The molecule has 4 rings (SSSR count). The smallest absolute Gasteiger partial charge is 0.345 e. The van der Waals surface area contributed by atoms with Crippen LogP contribution in [0.15, 0.2) is 77.1 Å². The molecule has 4 aromatic rings. The highest BCUT2D eigenvalue weighted by molar-refractivity contribution is 7.16. The molecule has 194 valence electrons. The van der Waals surface area contributed by atoms with Crippen LogP contribution < -0.4 is 9.61 Å². The zero-order valence-electron chi connectivity index (χ0n) is 20.4. The average Bonchev–Trinajstić information content (AvgIpc) is 3.25. The molecule has 0 atom stereocenters. The lowest BCUT2D eigenvalue weighted by Gasteiger charge is -2.09. The van der Waals surface area contributed by atoms with Gasteiger partial charge in [0.2, 0.25) is 0 Å². The van der Waals surface area contributed by atoms with E-state index in [4.69, 9.17) is 16.3 Å². The van der Waals surface area contributed by atoms with E-state index in [1.807, 2.05) is 0 Å². The first-order valence-corrected chi connectivity index (χ1v) is 12.6. The minimum Gasteiger partial charge on any atom is -0.492 e. The molecule has 0 fully saturated rings. The van der Waals surface area contributed by atoms with Crippen LogP contribution in [0.3, 0.4) is 0 Å². The van der Waals surface area contributed by atoms with Crippen LogP contribution in [0.5, 0.6) is 5.75 Å². The summed E-state index contributed by atoms with van der Waals surface area (Å²) in [6.07, 6.45) is 1.36. The van der Waals surface area contributed by atoms with Gasteiger partial charge in [0, 0.05) is 11.1 Å². The average molecular weight is 552 g/mol. The monoisotopic (exact) mass is 551 g/mol. The largest absolute Gasteiger partial charge is 0.492 e. The maximum absolute atomic E-state index is 12.9. The summed E-state index contributed by atoms with van der Waals surface area (Å²) in [5, 5.41) is 0.372. The van der Waals surface area contributed by atoms with Crippen molar-refractivity contribution >= 4 is 57.0 Å². The molecule has 0 spiro atoms. The number of hydrogen-bond acceptors (Lipinski definition) is 8. The number of ether oxygens (including phenoxy) is 3. The van der Waals surface area contributed by atoms with E-state index >= 15 is 0 Å². The van der Waals surface area contributed by atoms with E-state index in [1.165, 1.54) is 20.3 Å². The molecule has 3 aromatic carbocycles. The van der Waals surface area contributed by atoms with Crippen LogP contribution in [-0.4, -0.2) is 43.1 Å². The van der Waals surface area contributed by atoms with Gasteiger partial charge in [-0.3, -0.25) is 14.2 Å². The van der Waals surface area contributed by atoms with Gasteiger partial charge in [-0.15, -0.1) is 0 Å². The van der Waals surface area contributed by atoms with Crippen LogP contribution in [-0.2, 0) is 25.6 Å². The lowest BCUT2D eigenvalue weighted by atomic mass is 10.0.